The highest BCUT2D eigenvalue weighted by molar-refractivity contribution is 7.95. The second kappa shape index (κ2) is 11.9. The van der Waals surface area contributed by atoms with Crippen LogP contribution in [-0.2, 0) is 19.9 Å². The average Bonchev–Trinajstić information content (AvgIpc) is 3.42. The first-order chi connectivity index (χ1) is 17.7. The van der Waals surface area contributed by atoms with Gasteiger partial charge >= 0.3 is 0 Å². The maximum Gasteiger partial charge on any atom is 0.252 e. The van der Waals surface area contributed by atoms with Crippen molar-refractivity contribution in [2.45, 2.75) is 32.3 Å². The van der Waals surface area contributed by atoms with Crippen LogP contribution in [0.2, 0.25) is 0 Å². The summed E-state index contributed by atoms with van der Waals surface area (Å²) < 4.78 is 58.9. The van der Waals surface area contributed by atoms with Gasteiger partial charge in [-0.3, -0.25) is 0 Å². The number of ether oxygens (including phenoxy) is 1. The van der Waals surface area contributed by atoms with Gasteiger partial charge in [0, 0.05) is 19.6 Å². The molecule has 1 aromatic heterocycles. The zero-order valence-corrected chi connectivity index (χ0v) is 22.5. The van der Waals surface area contributed by atoms with E-state index >= 15 is 0 Å². The van der Waals surface area contributed by atoms with Crippen molar-refractivity contribution in [3.8, 4) is 11.5 Å². The molecule has 37 heavy (non-hydrogen) atoms. The summed E-state index contributed by atoms with van der Waals surface area (Å²) in [7, 11) is -7.55. The summed E-state index contributed by atoms with van der Waals surface area (Å²) in [6.07, 6.45) is 0.606. The first-order valence-corrected chi connectivity index (χ1v) is 15.6. The number of sulfonamides is 1. The van der Waals surface area contributed by atoms with Gasteiger partial charge in [-0.05, 0) is 73.8 Å². The topological polar surface area (TPSA) is 133 Å². The highest BCUT2D eigenvalue weighted by Gasteiger charge is 2.32. The molecule has 1 aliphatic rings. The molecule has 2 aromatic carbocycles. The average molecular weight is 567 g/mol. The lowest BCUT2D eigenvalue weighted by atomic mass is 9.98. The molecule has 1 fully saturated rings. The van der Waals surface area contributed by atoms with Crippen LogP contribution in [-0.4, -0.2) is 70.2 Å². The third-order valence-electron chi connectivity index (χ3n) is 6.13. The summed E-state index contributed by atoms with van der Waals surface area (Å²) in [6, 6.07) is 16.9. The molecule has 0 saturated carbocycles. The van der Waals surface area contributed by atoms with E-state index in [1.807, 2.05) is 0 Å². The van der Waals surface area contributed by atoms with Crippen molar-refractivity contribution in [3.05, 3.63) is 66.7 Å². The van der Waals surface area contributed by atoms with E-state index in [9.17, 15) is 27.0 Å². The van der Waals surface area contributed by atoms with Gasteiger partial charge in [0.15, 0.2) is 0 Å². The number of piperidine rings is 1. The number of benzene rings is 2. The summed E-state index contributed by atoms with van der Waals surface area (Å²) in [5.74, 6) is 0.958. The minimum atomic E-state index is -3.78. The fourth-order valence-corrected chi connectivity index (χ4v) is 8.84. The van der Waals surface area contributed by atoms with Crippen molar-refractivity contribution in [1.82, 2.24) is 9.62 Å². The normalized spacial score (nSPS) is 16.5. The molecule has 3 aromatic rings. The molecule has 3 N–H and O–H groups in total. The molecule has 1 saturated heterocycles. The zero-order chi connectivity index (χ0) is 26.5. The van der Waals surface area contributed by atoms with Gasteiger partial charge in [0.1, 0.15) is 32.6 Å². The van der Waals surface area contributed by atoms with E-state index < -0.39 is 26.0 Å². The van der Waals surface area contributed by atoms with Gasteiger partial charge in [0.2, 0.25) is 9.84 Å². The molecule has 2 heterocycles. The van der Waals surface area contributed by atoms with Crippen LogP contribution in [0.3, 0.4) is 0 Å². The van der Waals surface area contributed by atoms with Crippen molar-refractivity contribution < 1.29 is 31.8 Å². The second-order valence-corrected chi connectivity index (χ2v) is 14.3. The molecule has 0 spiro atoms. The monoisotopic (exact) mass is 566 g/mol. The molecule has 0 unspecified atom stereocenters. The van der Waals surface area contributed by atoms with Crippen LogP contribution in [0, 0.1) is 5.92 Å². The van der Waals surface area contributed by atoms with Gasteiger partial charge in [0.05, 0.1) is 4.90 Å². The second-order valence-electron chi connectivity index (χ2n) is 8.85. The molecule has 0 radical (unpaired) electrons. The number of phenols is 1. The Labute approximate surface area is 221 Å². The molecule has 0 aliphatic carbocycles. The molecule has 4 rings (SSSR count). The van der Waals surface area contributed by atoms with E-state index in [2.05, 4.69) is 5.32 Å². The first kappa shape index (κ1) is 27.6. The van der Waals surface area contributed by atoms with Crippen molar-refractivity contribution in [2.24, 2.45) is 5.92 Å². The number of nitrogens with zero attached hydrogens (tertiary/aromatic N) is 1. The molecule has 9 nitrogen and oxygen atoms in total. The van der Waals surface area contributed by atoms with E-state index in [4.69, 9.17) is 4.74 Å². The molecule has 1 atom stereocenters. The summed E-state index contributed by atoms with van der Waals surface area (Å²) in [6.45, 7) is 1.78. The van der Waals surface area contributed by atoms with E-state index in [1.54, 1.807) is 30.3 Å². The van der Waals surface area contributed by atoms with Crippen LogP contribution >= 0.6 is 11.3 Å². The minimum Gasteiger partial charge on any atom is -0.508 e. The number of hydrogen-bond acceptors (Lipinski definition) is 9. The number of sulfone groups is 1. The number of nitrogens with one attached hydrogen (secondary N) is 1. The lowest BCUT2D eigenvalue weighted by Crippen LogP contribution is -2.41. The largest absolute Gasteiger partial charge is 0.508 e. The lowest BCUT2D eigenvalue weighted by Gasteiger charge is -2.31. The van der Waals surface area contributed by atoms with Crippen molar-refractivity contribution in [2.75, 3.05) is 32.8 Å². The smallest absolute Gasteiger partial charge is 0.252 e. The number of phenolic OH excluding ortho intramolecular Hbond substituents is 1. The Kier molecular flexibility index (Phi) is 8.88. The Morgan fingerprint density at radius 2 is 1.59 bits per heavy atom. The van der Waals surface area contributed by atoms with E-state index in [0.29, 0.717) is 44.8 Å². The predicted octanol–water partition coefficient (Wildman–Crippen LogP) is 2.72. The van der Waals surface area contributed by atoms with Gasteiger partial charge in [-0.2, -0.15) is 4.31 Å². The van der Waals surface area contributed by atoms with Gasteiger partial charge in [-0.1, -0.05) is 18.2 Å². The third kappa shape index (κ3) is 6.89. The first-order valence-electron chi connectivity index (χ1n) is 11.9. The number of rotatable bonds is 11. The summed E-state index contributed by atoms with van der Waals surface area (Å²) in [5, 5.41) is 22.6. The molecular weight excluding hydrogens is 536 g/mol. The number of thiophene rings is 1. The quantitative estimate of drug-likeness (QED) is 0.323. The van der Waals surface area contributed by atoms with Crippen molar-refractivity contribution in [1.29, 1.82) is 0 Å². The standard InChI is InChI=1S/C25H30N2O7S3/c28-20-6-8-22(9-7-20)34-18-21(29)17-26-16-19-12-14-27(15-13-19)37(32,33)25-11-10-24(35-25)36(30,31)23-4-2-1-3-5-23/h1-11,19,21,26,28-29H,12-18H2/t21-/m0/s1. The lowest BCUT2D eigenvalue weighted by molar-refractivity contribution is 0.104. The number of aromatic hydroxyl groups is 1. The summed E-state index contributed by atoms with van der Waals surface area (Å²) in [5.41, 5.74) is 0. The SMILES string of the molecule is O=S(=O)(c1ccccc1)c1ccc(S(=O)(=O)N2CCC(CNC[C@H](O)COc3ccc(O)cc3)CC2)s1. The Morgan fingerprint density at radius 3 is 2.27 bits per heavy atom. The zero-order valence-electron chi connectivity index (χ0n) is 20.1. The number of aliphatic hydroxyl groups is 1. The Balaban J connectivity index is 1.23. The van der Waals surface area contributed by atoms with Crippen molar-refractivity contribution >= 4 is 31.2 Å². The molecule has 0 bridgehead atoms. The number of hydrogen-bond donors (Lipinski definition) is 3. The van der Waals surface area contributed by atoms with Crippen molar-refractivity contribution in [3.63, 3.8) is 0 Å². The Bertz CT molecular complexity index is 1370. The van der Waals surface area contributed by atoms with Crippen LogP contribution in [0.5, 0.6) is 11.5 Å². The fraction of sp³-hybridized carbons (Fsp3) is 0.360. The minimum absolute atomic E-state index is 0.00399. The highest BCUT2D eigenvalue weighted by Crippen LogP contribution is 2.33. The highest BCUT2D eigenvalue weighted by atomic mass is 32.3. The van der Waals surface area contributed by atoms with Crippen LogP contribution in [0.4, 0.5) is 0 Å². The Hall–Kier alpha value is -2.48. The predicted molar refractivity (Wildman–Crippen MR) is 140 cm³/mol. The molecule has 12 heteroatoms. The maximum atomic E-state index is 13.1. The van der Waals surface area contributed by atoms with Gasteiger partial charge in [-0.25, -0.2) is 16.8 Å². The van der Waals surface area contributed by atoms with E-state index in [1.165, 1.54) is 40.7 Å². The molecular formula is C25H30N2O7S3. The summed E-state index contributed by atoms with van der Waals surface area (Å²) in [4.78, 5) is 0.131. The van der Waals surface area contributed by atoms with E-state index in [0.717, 1.165) is 11.3 Å². The van der Waals surface area contributed by atoms with Crippen LogP contribution in [0.1, 0.15) is 12.8 Å². The maximum absolute atomic E-state index is 13.1. The van der Waals surface area contributed by atoms with Gasteiger partial charge in [0.25, 0.3) is 10.0 Å². The molecule has 0 amide bonds. The van der Waals surface area contributed by atoms with E-state index in [-0.39, 0.29) is 31.6 Å². The van der Waals surface area contributed by atoms with Crippen LogP contribution < -0.4 is 10.1 Å². The molecule has 1 aliphatic heterocycles. The van der Waals surface area contributed by atoms with Crippen LogP contribution in [0.25, 0.3) is 0 Å². The van der Waals surface area contributed by atoms with Crippen LogP contribution in [0.15, 0.2) is 80.0 Å². The van der Waals surface area contributed by atoms with Gasteiger partial charge < -0.3 is 20.3 Å². The fourth-order valence-electron chi connectivity index (χ4n) is 4.03. The molecule has 200 valence electrons. The third-order valence-corrected chi connectivity index (χ3v) is 11.8. The summed E-state index contributed by atoms with van der Waals surface area (Å²) >= 11 is 0.775. The number of aliphatic hydroxyl groups excluding tert-OH is 1. The Morgan fingerprint density at radius 1 is 0.946 bits per heavy atom. The van der Waals surface area contributed by atoms with Gasteiger partial charge in [-0.15, -0.1) is 11.3 Å².